The molecule has 1 amide bonds. The Kier molecular flexibility index (Phi) is 6.49. The number of nitrogens with two attached hydrogens (primary N) is 1. The fraction of sp³-hybridized carbons (Fsp3) is 0.875. The Morgan fingerprint density at radius 3 is 2.38 bits per heavy atom. The molecule has 0 aromatic carbocycles. The quantitative estimate of drug-likeness (QED) is 0.328. The molecule has 0 aromatic rings. The van der Waals surface area contributed by atoms with Gasteiger partial charge in [-0.3, -0.25) is 4.79 Å². The van der Waals surface area contributed by atoms with Crippen molar-refractivity contribution >= 4 is 11.7 Å². The third-order valence-electron chi connectivity index (χ3n) is 4.69. The van der Waals surface area contributed by atoms with E-state index in [9.17, 15) is 10.0 Å². The van der Waals surface area contributed by atoms with E-state index in [1.54, 1.807) is 0 Å². The van der Waals surface area contributed by atoms with Gasteiger partial charge in [-0.05, 0) is 31.6 Å². The summed E-state index contributed by atoms with van der Waals surface area (Å²) >= 11 is 0. The molecule has 1 rings (SSSR count). The number of likely N-dealkylation sites (tertiary alicyclic amines) is 1. The molecule has 1 fully saturated rings. The lowest BCUT2D eigenvalue weighted by Gasteiger charge is -2.38. The average Bonchev–Trinajstić information content (AvgIpc) is 2.94. The highest BCUT2D eigenvalue weighted by molar-refractivity contribution is 6.06. The van der Waals surface area contributed by atoms with Crippen molar-refractivity contribution in [1.82, 2.24) is 4.90 Å². The molecule has 1 unspecified atom stereocenters. The van der Waals surface area contributed by atoms with Crippen molar-refractivity contribution in [3.63, 3.8) is 0 Å². The zero-order valence-electron chi connectivity index (χ0n) is 13.9. The highest BCUT2D eigenvalue weighted by Crippen LogP contribution is 2.36. The van der Waals surface area contributed by atoms with Crippen LogP contribution in [-0.2, 0) is 4.79 Å². The molecule has 0 spiro atoms. The van der Waals surface area contributed by atoms with Gasteiger partial charge in [-0.15, -0.1) is 0 Å². The Morgan fingerprint density at radius 2 is 1.95 bits per heavy atom. The summed E-state index contributed by atoms with van der Waals surface area (Å²) in [7, 11) is 0. The van der Waals surface area contributed by atoms with Gasteiger partial charge in [0.1, 0.15) is 5.41 Å². The number of amides is 1. The molecule has 122 valence electrons. The Balaban J connectivity index is 3.15. The third-order valence-corrected chi connectivity index (χ3v) is 4.69. The highest BCUT2D eigenvalue weighted by atomic mass is 16.4. The van der Waals surface area contributed by atoms with E-state index in [0.717, 1.165) is 32.2 Å². The fourth-order valence-corrected chi connectivity index (χ4v) is 3.67. The monoisotopic (exact) mass is 297 g/mol. The molecule has 1 aliphatic heterocycles. The molecular weight excluding hydrogens is 266 g/mol. The zero-order chi connectivity index (χ0) is 16.0. The molecule has 0 radical (unpaired) electrons. The summed E-state index contributed by atoms with van der Waals surface area (Å²) in [6.07, 6.45) is 5.03. The molecular formula is C16H31N3O2. The Labute approximate surface area is 128 Å². The van der Waals surface area contributed by atoms with E-state index >= 15 is 0 Å². The van der Waals surface area contributed by atoms with E-state index in [4.69, 9.17) is 5.73 Å². The van der Waals surface area contributed by atoms with Gasteiger partial charge in [-0.1, -0.05) is 45.7 Å². The zero-order valence-corrected chi connectivity index (χ0v) is 13.9. The van der Waals surface area contributed by atoms with E-state index in [-0.39, 0.29) is 17.8 Å². The van der Waals surface area contributed by atoms with E-state index in [2.05, 4.69) is 19.0 Å². The van der Waals surface area contributed by atoms with E-state index in [1.807, 2.05) is 18.7 Å². The predicted octanol–water partition coefficient (Wildman–Crippen LogP) is 2.97. The minimum absolute atomic E-state index is 0.0534. The first-order valence-electron chi connectivity index (χ1n) is 8.23. The standard InChI is InChI=1S/C16H31N3O2/c1-5-9-16(10-6-2,14(17)18-21)15(20)19-11-7-8-13(19)12(3)4/h12-13,21H,5-11H2,1-4H3,(H2,17,18). The first kappa shape index (κ1) is 17.8. The molecule has 5 nitrogen and oxygen atoms in total. The van der Waals surface area contributed by atoms with Crippen molar-refractivity contribution in [3.05, 3.63) is 0 Å². The van der Waals surface area contributed by atoms with Crippen LogP contribution in [0.25, 0.3) is 0 Å². The fourth-order valence-electron chi connectivity index (χ4n) is 3.67. The van der Waals surface area contributed by atoms with E-state index in [0.29, 0.717) is 18.8 Å². The van der Waals surface area contributed by atoms with Crippen molar-refractivity contribution in [1.29, 1.82) is 0 Å². The smallest absolute Gasteiger partial charge is 0.236 e. The summed E-state index contributed by atoms with van der Waals surface area (Å²) in [5, 5.41) is 12.4. The summed E-state index contributed by atoms with van der Waals surface area (Å²) in [5.41, 5.74) is 5.13. The minimum atomic E-state index is -0.838. The van der Waals surface area contributed by atoms with Gasteiger partial charge >= 0.3 is 0 Å². The molecule has 1 atom stereocenters. The van der Waals surface area contributed by atoms with Crippen molar-refractivity contribution in [3.8, 4) is 0 Å². The van der Waals surface area contributed by atoms with Gasteiger partial charge in [0.25, 0.3) is 0 Å². The van der Waals surface area contributed by atoms with Gasteiger partial charge in [0, 0.05) is 12.6 Å². The lowest BCUT2D eigenvalue weighted by molar-refractivity contribution is -0.141. The topological polar surface area (TPSA) is 78.9 Å². The molecule has 1 heterocycles. The second kappa shape index (κ2) is 7.66. The van der Waals surface area contributed by atoms with Crippen LogP contribution in [0.5, 0.6) is 0 Å². The number of carbonyl (C=O) groups excluding carboxylic acids is 1. The summed E-state index contributed by atoms with van der Waals surface area (Å²) < 4.78 is 0. The molecule has 1 aliphatic rings. The van der Waals surface area contributed by atoms with Gasteiger partial charge < -0.3 is 15.8 Å². The maximum atomic E-state index is 13.2. The number of nitrogens with zero attached hydrogens (tertiary/aromatic N) is 2. The first-order valence-corrected chi connectivity index (χ1v) is 8.23. The van der Waals surface area contributed by atoms with Gasteiger partial charge in [0.05, 0.1) is 0 Å². The Hall–Kier alpha value is -1.26. The minimum Gasteiger partial charge on any atom is -0.409 e. The van der Waals surface area contributed by atoms with Crippen molar-refractivity contribution in [2.45, 2.75) is 72.3 Å². The first-order chi connectivity index (χ1) is 9.94. The highest BCUT2D eigenvalue weighted by Gasteiger charge is 2.46. The molecule has 0 saturated carbocycles. The van der Waals surface area contributed by atoms with E-state index < -0.39 is 5.41 Å². The van der Waals surface area contributed by atoms with Crippen molar-refractivity contribution < 1.29 is 10.0 Å². The number of carbonyl (C=O) groups is 1. The average molecular weight is 297 g/mol. The van der Waals surface area contributed by atoms with Crippen LogP contribution >= 0.6 is 0 Å². The van der Waals surface area contributed by atoms with Crippen molar-refractivity contribution in [2.75, 3.05) is 6.54 Å². The molecule has 3 N–H and O–H groups in total. The van der Waals surface area contributed by atoms with Gasteiger partial charge in [0.15, 0.2) is 5.84 Å². The maximum absolute atomic E-state index is 13.2. The third kappa shape index (κ3) is 3.50. The molecule has 5 heteroatoms. The van der Waals surface area contributed by atoms with Crippen molar-refractivity contribution in [2.24, 2.45) is 22.2 Å². The number of oxime groups is 1. The second-order valence-corrected chi connectivity index (χ2v) is 6.52. The molecule has 0 aliphatic carbocycles. The SMILES string of the molecule is CCCC(CCC)(C(=O)N1CCCC1C(C)C)C(N)=NO. The normalized spacial score (nSPS) is 20.3. The van der Waals surface area contributed by atoms with Crippen LogP contribution in [0.15, 0.2) is 5.16 Å². The Morgan fingerprint density at radius 1 is 1.38 bits per heavy atom. The number of rotatable bonds is 7. The van der Waals surface area contributed by atoms with Crippen LogP contribution in [0.1, 0.15) is 66.2 Å². The summed E-state index contributed by atoms with van der Waals surface area (Å²) in [4.78, 5) is 15.2. The molecule has 1 saturated heterocycles. The van der Waals surface area contributed by atoms with Crippen LogP contribution in [-0.4, -0.2) is 34.4 Å². The summed E-state index contributed by atoms with van der Waals surface area (Å²) in [6.45, 7) is 9.16. The summed E-state index contributed by atoms with van der Waals surface area (Å²) in [5.74, 6) is 0.563. The van der Waals surface area contributed by atoms with Crippen LogP contribution < -0.4 is 5.73 Å². The van der Waals surface area contributed by atoms with Gasteiger partial charge in [-0.25, -0.2) is 0 Å². The number of hydrogen-bond acceptors (Lipinski definition) is 3. The second-order valence-electron chi connectivity index (χ2n) is 6.52. The van der Waals surface area contributed by atoms with Crippen LogP contribution in [0, 0.1) is 11.3 Å². The summed E-state index contributed by atoms with van der Waals surface area (Å²) in [6, 6.07) is 0.275. The number of amidine groups is 1. The largest absolute Gasteiger partial charge is 0.409 e. The molecule has 0 aromatic heterocycles. The van der Waals surface area contributed by atoms with Gasteiger partial charge in [0.2, 0.25) is 5.91 Å². The molecule has 21 heavy (non-hydrogen) atoms. The number of hydrogen-bond donors (Lipinski definition) is 2. The Bertz CT molecular complexity index is 374. The van der Waals surface area contributed by atoms with Crippen LogP contribution in [0.3, 0.4) is 0 Å². The van der Waals surface area contributed by atoms with Gasteiger partial charge in [-0.2, -0.15) is 0 Å². The maximum Gasteiger partial charge on any atom is 0.236 e. The predicted molar refractivity (Wildman–Crippen MR) is 85.2 cm³/mol. The lowest BCUT2D eigenvalue weighted by Crippen LogP contribution is -2.53. The van der Waals surface area contributed by atoms with Crippen LogP contribution in [0.4, 0.5) is 0 Å². The van der Waals surface area contributed by atoms with Crippen LogP contribution in [0.2, 0.25) is 0 Å². The van der Waals surface area contributed by atoms with E-state index in [1.165, 1.54) is 0 Å². The lowest BCUT2D eigenvalue weighted by atomic mass is 9.76. The molecule has 0 bridgehead atoms.